The first-order chi connectivity index (χ1) is 36.2. The number of likely N-dealkylation sites (N-methyl/N-ethyl adjacent to an activating group) is 1. The van der Waals surface area contributed by atoms with Crippen molar-refractivity contribution in [3.63, 3.8) is 0 Å². The molecule has 1 N–H and O–H groups in total. The SMILES string of the molecule is C[C@@H]([C@H](O)c1ccccc1)N(C)Cc1ccc([Si](CCC(F)(F)C(F)(F)C(F)(F)C(F)(F)C(F)(F)C(F)(F)F)(CCC(F)(F)C(F)(F)C(F)(F)C(F)(F)C(F)(F)C(F)(F)F)CCC(F)(F)C(F)(F)C(F)(F)C(F)(F)C(F)(F)C(F)(F)F)cc1. The van der Waals surface area contributed by atoms with Crippen LogP contribution in [0.2, 0.25) is 18.1 Å². The highest BCUT2D eigenvalue weighted by Crippen LogP contribution is 2.65. The first-order valence-corrected chi connectivity index (χ1v) is 24.2. The van der Waals surface area contributed by atoms with E-state index in [1.807, 2.05) is 0 Å². The Hall–Kier alpha value is -4.15. The summed E-state index contributed by atoms with van der Waals surface area (Å²) < 4.78 is 550. The molecule has 0 aliphatic heterocycles. The topological polar surface area (TPSA) is 23.5 Å². The van der Waals surface area contributed by atoms with Gasteiger partial charge in [-0.25, -0.2) is 0 Å². The summed E-state index contributed by atoms with van der Waals surface area (Å²) in [5, 5.41) is 8.84. The predicted molar refractivity (Wildman–Crippen MR) is 205 cm³/mol. The molecule has 484 valence electrons. The second-order valence-corrected chi connectivity index (χ2v) is 23.1. The second-order valence-electron chi connectivity index (χ2n) is 18.5. The molecule has 0 spiro atoms. The fourth-order valence-electron chi connectivity index (χ4n) is 7.44. The number of hydrogen-bond acceptors (Lipinski definition) is 2. The van der Waals surface area contributed by atoms with Gasteiger partial charge in [-0.3, -0.25) is 4.90 Å². The second kappa shape index (κ2) is 22.2. The van der Waals surface area contributed by atoms with Gasteiger partial charge in [-0.15, -0.1) is 0 Å². The van der Waals surface area contributed by atoms with E-state index >= 15 is 26.3 Å². The lowest BCUT2D eigenvalue weighted by molar-refractivity contribution is -0.440. The average Bonchev–Trinajstić information content (AvgIpc) is 3.32. The molecule has 0 amide bonds. The van der Waals surface area contributed by atoms with E-state index in [0.717, 1.165) is 11.9 Å². The van der Waals surface area contributed by atoms with Gasteiger partial charge in [-0.2, -0.15) is 171 Å². The van der Waals surface area contributed by atoms with Crippen LogP contribution in [-0.4, -0.2) is 139 Å². The highest BCUT2D eigenvalue weighted by atomic mass is 28.3. The maximum Gasteiger partial charge on any atom is 0.460 e. The van der Waals surface area contributed by atoms with Gasteiger partial charge in [0.1, 0.15) is 0 Å². The molecule has 2 aromatic carbocycles. The molecule has 0 bridgehead atoms. The number of hydrogen-bond donors (Lipinski definition) is 1. The molecule has 2 rings (SSSR count). The fourth-order valence-corrected chi connectivity index (χ4v) is 12.3. The molecule has 42 heteroatoms. The van der Waals surface area contributed by atoms with Crippen molar-refractivity contribution in [2.45, 2.75) is 170 Å². The number of benzene rings is 2. The number of halogens is 39. The Kier molecular flexibility index (Phi) is 20.1. The van der Waals surface area contributed by atoms with Crippen molar-refractivity contribution in [1.29, 1.82) is 0 Å². The van der Waals surface area contributed by atoms with E-state index in [4.69, 9.17) is 0 Å². The molecular weight excluding hydrogens is 1290 g/mol. The molecule has 0 heterocycles. The maximum absolute atomic E-state index is 15.4. The Bertz CT molecular complexity index is 2290. The van der Waals surface area contributed by atoms with Gasteiger partial charge in [0.2, 0.25) is 0 Å². The van der Waals surface area contributed by atoms with Gasteiger partial charge in [-0.1, -0.05) is 59.8 Å². The van der Waals surface area contributed by atoms with Crippen LogP contribution < -0.4 is 5.19 Å². The molecule has 0 aliphatic carbocycles. The Balaban J connectivity index is 3.21. The standard InChI is InChI=1S/C41H32F39NOSi/c1-19(23(82)21-6-4-3-5-7-21)81(2)18-20-8-10-22(11-9-20)83(15-12-24(42,43)27(48,49)30(54,55)33(60,61)36(66,67)39(72,73)74,16-13-25(44,45)28(50,51)31(56,57)34(62,63)37(68,69)40(75,76)77)17-14-26(46,47)29(52,53)32(58,59)35(64,65)38(70,71)41(78,79)80/h3-11,19,23,82H,12-18H2,1-2H3/t19-,23-/m0/s1. The molecule has 2 atom stereocenters. The lowest BCUT2D eigenvalue weighted by atomic mass is 9.93. The molecule has 0 radical (unpaired) electrons. The summed E-state index contributed by atoms with van der Waals surface area (Å²) in [6.07, 6.45) is -38.3. The fraction of sp³-hybridized carbons (Fsp3) is 0.707. The minimum atomic E-state index is -8.92. The summed E-state index contributed by atoms with van der Waals surface area (Å²) in [5.41, 5.74) is -0.420. The van der Waals surface area contributed by atoms with Gasteiger partial charge < -0.3 is 5.11 Å². The van der Waals surface area contributed by atoms with Crippen molar-refractivity contribution in [1.82, 2.24) is 4.90 Å². The highest BCUT2D eigenvalue weighted by molar-refractivity contribution is 6.92. The molecule has 0 saturated heterocycles. The Morgan fingerprint density at radius 1 is 0.349 bits per heavy atom. The smallest absolute Gasteiger partial charge is 0.387 e. The quantitative estimate of drug-likeness (QED) is 0.0712. The number of aliphatic hydroxyl groups excluding tert-OH is 1. The maximum atomic E-state index is 15.4. The third-order valence-electron chi connectivity index (χ3n) is 13.0. The first-order valence-electron chi connectivity index (χ1n) is 21.6. The van der Waals surface area contributed by atoms with Crippen molar-refractivity contribution < 1.29 is 176 Å². The summed E-state index contributed by atoms with van der Waals surface area (Å²) in [6.45, 7) is 0.422. The van der Waals surface area contributed by atoms with E-state index in [1.54, 1.807) is 0 Å². The monoisotopic (exact) mass is 1320 g/mol. The summed E-state index contributed by atoms with van der Waals surface area (Å²) >= 11 is 0. The van der Waals surface area contributed by atoms with E-state index in [2.05, 4.69) is 0 Å². The zero-order valence-electron chi connectivity index (χ0n) is 39.9. The van der Waals surface area contributed by atoms with Crippen LogP contribution in [0, 0.1) is 0 Å². The van der Waals surface area contributed by atoms with Crippen molar-refractivity contribution >= 4 is 13.3 Å². The van der Waals surface area contributed by atoms with Gasteiger partial charge >= 0.3 is 107 Å². The summed E-state index contributed by atoms with van der Waals surface area (Å²) in [7, 11) is -6.12. The van der Waals surface area contributed by atoms with E-state index in [0.29, 0.717) is 0 Å². The number of rotatable bonds is 27. The number of alkyl halides is 39. The lowest BCUT2D eigenvalue weighted by Gasteiger charge is -2.43. The average molecular weight is 1320 g/mol. The van der Waals surface area contributed by atoms with Crippen LogP contribution in [0.25, 0.3) is 0 Å². The molecule has 2 aromatic rings. The minimum absolute atomic E-state index is 0.103. The van der Waals surface area contributed by atoms with E-state index in [9.17, 15) is 150 Å². The van der Waals surface area contributed by atoms with Crippen LogP contribution in [0.3, 0.4) is 0 Å². The van der Waals surface area contributed by atoms with Crippen molar-refractivity contribution in [3.05, 3.63) is 65.7 Å². The molecule has 0 aliphatic rings. The van der Waals surface area contributed by atoms with Crippen molar-refractivity contribution in [2.24, 2.45) is 0 Å². The van der Waals surface area contributed by atoms with Crippen LogP contribution in [-0.2, 0) is 6.54 Å². The Morgan fingerprint density at radius 3 is 0.831 bits per heavy atom. The minimum Gasteiger partial charge on any atom is -0.387 e. The zero-order chi connectivity index (χ0) is 66.3. The first kappa shape index (κ1) is 74.9. The Labute approximate surface area is 437 Å². The third-order valence-corrected chi connectivity index (χ3v) is 18.2. The third kappa shape index (κ3) is 12.2. The van der Waals surface area contributed by atoms with Gasteiger partial charge in [0.05, 0.1) is 14.2 Å². The van der Waals surface area contributed by atoms with E-state index < -0.39 is 182 Å². The Morgan fingerprint density at radius 2 is 0.590 bits per heavy atom. The number of nitrogens with zero attached hydrogens (tertiary/aromatic N) is 1. The lowest BCUT2D eigenvalue weighted by Crippen LogP contribution is -2.70. The van der Waals surface area contributed by atoms with Gasteiger partial charge in [0.25, 0.3) is 0 Å². The van der Waals surface area contributed by atoms with E-state index in [1.165, 1.54) is 37.3 Å². The van der Waals surface area contributed by atoms with Crippen LogP contribution >= 0.6 is 0 Å². The van der Waals surface area contributed by atoms with Crippen LogP contribution in [0.15, 0.2) is 54.6 Å². The van der Waals surface area contributed by atoms with Crippen LogP contribution in [0.1, 0.15) is 43.4 Å². The van der Waals surface area contributed by atoms with Crippen LogP contribution in [0.4, 0.5) is 171 Å². The molecular formula is C41H32F39NOSi. The largest absolute Gasteiger partial charge is 0.460 e. The highest BCUT2D eigenvalue weighted by Gasteiger charge is 2.93. The van der Waals surface area contributed by atoms with Crippen molar-refractivity contribution in [3.8, 4) is 0 Å². The molecule has 2 nitrogen and oxygen atoms in total. The molecule has 0 unspecified atom stereocenters. The van der Waals surface area contributed by atoms with Gasteiger partial charge in [0, 0.05) is 31.8 Å². The zero-order valence-corrected chi connectivity index (χ0v) is 40.9. The molecule has 0 saturated carbocycles. The van der Waals surface area contributed by atoms with Gasteiger partial charge in [-0.05, 0) is 43.2 Å². The van der Waals surface area contributed by atoms with Crippen molar-refractivity contribution in [2.75, 3.05) is 7.05 Å². The van der Waals surface area contributed by atoms with Crippen LogP contribution in [0.5, 0.6) is 0 Å². The van der Waals surface area contributed by atoms with Gasteiger partial charge in [0.15, 0.2) is 0 Å². The number of aliphatic hydroxyl groups is 1. The molecule has 0 aromatic heterocycles. The van der Waals surface area contributed by atoms with E-state index in [-0.39, 0.29) is 29.8 Å². The summed E-state index contributed by atoms with van der Waals surface area (Å²) in [6, 6.07) is -4.23. The predicted octanol–water partition coefficient (Wildman–Crippen LogP) is 17.3. The molecule has 83 heavy (non-hydrogen) atoms. The molecule has 0 fully saturated rings. The summed E-state index contributed by atoms with van der Waals surface area (Å²) in [4.78, 5) is 1.03. The normalized spacial score (nSPS) is 16.7. The summed E-state index contributed by atoms with van der Waals surface area (Å²) in [5.74, 6) is -128.